The van der Waals surface area contributed by atoms with Crippen molar-refractivity contribution >= 4 is 34.9 Å². The maximum absolute atomic E-state index is 10.7. The molecule has 0 fully saturated rings. The van der Waals surface area contributed by atoms with E-state index in [1.807, 2.05) is 0 Å². The lowest BCUT2D eigenvalue weighted by Crippen LogP contribution is -2.05. The van der Waals surface area contributed by atoms with Gasteiger partial charge in [-0.05, 0) is 6.92 Å². The standard InChI is InChI=1S/C7H4Cl2N2O4/c1-2-5(11(14)15)4(8)3(7(12)13)6(9)10-2/h1H3,(H,12,13). The Kier molecular flexibility index (Phi) is 3.11. The zero-order valence-electron chi connectivity index (χ0n) is 7.32. The van der Waals surface area contributed by atoms with E-state index in [9.17, 15) is 14.9 Å². The molecule has 0 saturated carbocycles. The number of halogens is 2. The summed E-state index contributed by atoms with van der Waals surface area (Å²) in [6.45, 7) is 1.32. The van der Waals surface area contributed by atoms with E-state index in [1.54, 1.807) is 0 Å². The monoisotopic (exact) mass is 250 g/mol. The summed E-state index contributed by atoms with van der Waals surface area (Å²) < 4.78 is 0. The number of carboxylic acid groups (broad SMARTS) is 1. The van der Waals surface area contributed by atoms with Crippen LogP contribution in [0.5, 0.6) is 0 Å². The van der Waals surface area contributed by atoms with Crippen molar-refractivity contribution in [1.29, 1.82) is 0 Å². The lowest BCUT2D eigenvalue weighted by atomic mass is 10.2. The lowest BCUT2D eigenvalue weighted by Gasteiger charge is -2.04. The summed E-state index contributed by atoms with van der Waals surface area (Å²) in [7, 11) is 0. The highest BCUT2D eigenvalue weighted by Gasteiger charge is 2.27. The molecule has 0 saturated heterocycles. The smallest absolute Gasteiger partial charge is 0.340 e. The van der Waals surface area contributed by atoms with Crippen molar-refractivity contribution in [2.24, 2.45) is 0 Å². The molecule has 1 N–H and O–H groups in total. The first kappa shape index (κ1) is 11.7. The summed E-state index contributed by atoms with van der Waals surface area (Å²) in [6, 6.07) is 0. The summed E-state index contributed by atoms with van der Waals surface area (Å²) in [5.74, 6) is -1.46. The molecular formula is C7H4Cl2N2O4. The Hall–Kier alpha value is -1.40. The van der Waals surface area contributed by atoms with Crippen LogP contribution in [0.1, 0.15) is 16.1 Å². The summed E-state index contributed by atoms with van der Waals surface area (Å²) >= 11 is 11.1. The van der Waals surface area contributed by atoms with Gasteiger partial charge in [-0.2, -0.15) is 0 Å². The summed E-state index contributed by atoms with van der Waals surface area (Å²) in [4.78, 5) is 24.0. The Bertz CT molecular complexity index is 423. The van der Waals surface area contributed by atoms with Gasteiger partial charge in [0.05, 0.1) is 4.92 Å². The molecule has 8 heteroatoms. The van der Waals surface area contributed by atoms with Crippen LogP contribution in [0, 0.1) is 17.0 Å². The predicted octanol–water partition coefficient (Wildman–Crippen LogP) is 2.30. The molecule has 80 valence electrons. The minimum Gasteiger partial charge on any atom is -0.478 e. The van der Waals surface area contributed by atoms with Crippen molar-refractivity contribution in [2.75, 3.05) is 0 Å². The Balaban J connectivity index is 3.64. The van der Waals surface area contributed by atoms with Crippen molar-refractivity contribution in [3.8, 4) is 0 Å². The molecule has 6 nitrogen and oxygen atoms in total. The number of carbonyl (C=O) groups is 1. The number of rotatable bonds is 2. The molecule has 0 amide bonds. The van der Waals surface area contributed by atoms with Crippen LogP contribution in [0.15, 0.2) is 0 Å². The van der Waals surface area contributed by atoms with Crippen molar-refractivity contribution in [3.63, 3.8) is 0 Å². The van der Waals surface area contributed by atoms with Crippen LogP contribution >= 0.6 is 23.2 Å². The Morgan fingerprint density at radius 1 is 1.53 bits per heavy atom. The van der Waals surface area contributed by atoms with E-state index in [4.69, 9.17) is 28.3 Å². The van der Waals surface area contributed by atoms with Crippen LogP contribution in [-0.4, -0.2) is 21.0 Å². The Labute approximate surface area is 93.6 Å². The second-order valence-corrected chi connectivity index (χ2v) is 3.32. The number of hydrogen-bond donors (Lipinski definition) is 1. The van der Waals surface area contributed by atoms with Crippen LogP contribution in [0.2, 0.25) is 10.2 Å². The molecule has 0 atom stereocenters. The van der Waals surface area contributed by atoms with Gasteiger partial charge in [0.2, 0.25) is 0 Å². The molecule has 0 bridgehead atoms. The third-order valence-corrected chi connectivity index (χ3v) is 2.28. The fourth-order valence-corrected chi connectivity index (χ4v) is 1.74. The second kappa shape index (κ2) is 4.00. The number of nitro groups is 1. The topological polar surface area (TPSA) is 93.3 Å². The molecule has 0 aliphatic heterocycles. The quantitative estimate of drug-likeness (QED) is 0.494. The van der Waals surface area contributed by atoms with Crippen molar-refractivity contribution in [3.05, 3.63) is 31.5 Å². The van der Waals surface area contributed by atoms with Gasteiger partial charge in [-0.25, -0.2) is 9.78 Å². The molecule has 0 aromatic carbocycles. The number of nitrogens with zero attached hydrogens (tertiary/aromatic N) is 2. The fourth-order valence-electron chi connectivity index (χ4n) is 1.02. The molecule has 1 rings (SSSR count). The van der Waals surface area contributed by atoms with Crippen molar-refractivity contribution < 1.29 is 14.8 Å². The van der Waals surface area contributed by atoms with E-state index < -0.39 is 27.2 Å². The molecule has 15 heavy (non-hydrogen) atoms. The van der Waals surface area contributed by atoms with Gasteiger partial charge in [0.1, 0.15) is 21.4 Å². The average molecular weight is 251 g/mol. The molecule has 0 radical (unpaired) electrons. The van der Waals surface area contributed by atoms with Crippen LogP contribution in [0.4, 0.5) is 5.69 Å². The van der Waals surface area contributed by atoms with Gasteiger partial charge in [-0.15, -0.1) is 0 Å². The van der Waals surface area contributed by atoms with Gasteiger partial charge < -0.3 is 5.11 Å². The third kappa shape index (κ3) is 2.00. The van der Waals surface area contributed by atoms with Crippen LogP contribution < -0.4 is 0 Å². The first-order valence-corrected chi connectivity index (χ1v) is 4.35. The Morgan fingerprint density at radius 2 is 2.07 bits per heavy atom. The van der Waals surface area contributed by atoms with E-state index >= 15 is 0 Å². The van der Waals surface area contributed by atoms with Gasteiger partial charge in [0.25, 0.3) is 0 Å². The van der Waals surface area contributed by atoms with E-state index in [0.29, 0.717) is 0 Å². The zero-order valence-corrected chi connectivity index (χ0v) is 8.83. The molecule has 1 heterocycles. The van der Waals surface area contributed by atoms with E-state index in [2.05, 4.69) is 4.98 Å². The summed E-state index contributed by atoms with van der Waals surface area (Å²) in [5.41, 5.74) is -1.13. The van der Waals surface area contributed by atoms with E-state index in [-0.39, 0.29) is 10.8 Å². The minimum absolute atomic E-state index is 0.0278. The molecule has 0 aliphatic carbocycles. The Morgan fingerprint density at radius 3 is 2.47 bits per heavy atom. The first-order valence-electron chi connectivity index (χ1n) is 3.59. The second-order valence-electron chi connectivity index (χ2n) is 2.59. The molecule has 1 aromatic rings. The highest BCUT2D eigenvalue weighted by atomic mass is 35.5. The molecule has 0 spiro atoms. The van der Waals surface area contributed by atoms with Gasteiger partial charge in [-0.1, -0.05) is 23.2 Å². The van der Waals surface area contributed by atoms with Gasteiger partial charge in [0.15, 0.2) is 0 Å². The number of pyridine rings is 1. The lowest BCUT2D eigenvalue weighted by molar-refractivity contribution is -0.385. The SMILES string of the molecule is Cc1nc(Cl)c(C(=O)O)c(Cl)c1[N+](=O)[O-]. The summed E-state index contributed by atoms with van der Waals surface area (Å²) in [5, 5.41) is 18.4. The van der Waals surface area contributed by atoms with Gasteiger partial charge in [0, 0.05) is 0 Å². The predicted molar refractivity (Wildman–Crippen MR) is 52.6 cm³/mol. The van der Waals surface area contributed by atoms with Crippen LogP contribution in [0.3, 0.4) is 0 Å². The minimum atomic E-state index is -1.46. The largest absolute Gasteiger partial charge is 0.478 e. The third-order valence-electron chi connectivity index (χ3n) is 1.64. The normalized spacial score (nSPS) is 10.1. The average Bonchev–Trinajstić information content (AvgIpc) is 1.99. The molecule has 1 aromatic heterocycles. The number of aromatic nitrogens is 1. The highest BCUT2D eigenvalue weighted by molar-refractivity contribution is 6.40. The maximum atomic E-state index is 10.7. The maximum Gasteiger partial charge on any atom is 0.340 e. The molecule has 0 unspecified atom stereocenters. The van der Waals surface area contributed by atoms with E-state index in [0.717, 1.165) is 0 Å². The highest BCUT2D eigenvalue weighted by Crippen LogP contribution is 2.33. The van der Waals surface area contributed by atoms with Crippen molar-refractivity contribution in [1.82, 2.24) is 4.98 Å². The van der Waals surface area contributed by atoms with Crippen LogP contribution in [0.25, 0.3) is 0 Å². The number of carboxylic acids is 1. The van der Waals surface area contributed by atoms with E-state index in [1.165, 1.54) is 6.92 Å². The number of aryl methyl sites for hydroxylation is 1. The van der Waals surface area contributed by atoms with Gasteiger partial charge >= 0.3 is 11.7 Å². The summed E-state index contributed by atoms with van der Waals surface area (Å²) in [6.07, 6.45) is 0. The number of hydrogen-bond acceptors (Lipinski definition) is 4. The van der Waals surface area contributed by atoms with Gasteiger partial charge in [-0.3, -0.25) is 10.1 Å². The van der Waals surface area contributed by atoms with Crippen molar-refractivity contribution in [2.45, 2.75) is 6.92 Å². The van der Waals surface area contributed by atoms with Crippen LogP contribution in [-0.2, 0) is 0 Å². The first-order chi connectivity index (χ1) is 6.86. The molecular weight excluding hydrogens is 247 g/mol. The molecule has 0 aliphatic rings. The zero-order chi connectivity index (χ0) is 11.7. The fraction of sp³-hybridized carbons (Fsp3) is 0.143. The number of aromatic carboxylic acids is 1.